The highest BCUT2D eigenvalue weighted by atomic mass is 16.7. The lowest BCUT2D eigenvalue weighted by Gasteiger charge is -2.37. The summed E-state index contributed by atoms with van der Waals surface area (Å²) in [7, 11) is -2.23. The second kappa shape index (κ2) is 28.9. The Labute approximate surface area is 437 Å². The van der Waals surface area contributed by atoms with Crippen molar-refractivity contribution in [3.63, 3.8) is 0 Å². The van der Waals surface area contributed by atoms with E-state index in [0.29, 0.717) is 54.4 Å². The largest absolute Gasteiger partial charge is 0.871 e. The first-order valence-electron chi connectivity index (χ1n) is 26.3. The van der Waals surface area contributed by atoms with E-state index in [1.54, 1.807) is 36.7 Å². The Morgan fingerprint density at radius 1 is 0.500 bits per heavy atom. The first-order valence-corrected chi connectivity index (χ1v) is 26.3. The third-order valence-electron chi connectivity index (χ3n) is 13.7. The zero-order valence-electron chi connectivity index (χ0n) is 42.8. The van der Waals surface area contributed by atoms with Crippen LogP contribution >= 0.6 is 0 Å². The van der Waals surface area contributed by atoms with Gasteiger partial charge in [0.1, 0.15) is 11.5 Å². The first kappa shape index (κ1) is 54.7. The molecule has 11 nitrogen and oxygen atoms in total. The van der Waals surface area contributed by atoms with Crippen LogP contribution in [-0.2, 0) is 10.1 Å². The molecule has 0 amide bonds. The zero-order valence-corrected chi connectivity index (χ0v) is 42.8. The number of hydrogen-bond donors (Lipinski definition) is 0. The Balaban J connectivity index is 0.000000162. The van der Waals surface area contributed by atoms with Gasteiger partial charge in [0.2, 0.25) is 12.4 Å². The van der Waals surface area contributed by atoms with Crippen LogP contribution < -0.4 is 38.7 Å². The number of hydrogen-bond acceptors (Lipinski definition) is 9. The van der Waals surface area contributed by atoms with Crippen molar-refractivity contribution in [3.05, 3.63) is 228 Å². The molecule has 2 aliphatic rings. The third-order valence-corrected chi connectivity index (χ3v) is 13.7. The predicted molar refractivity (Wildman–Crippen MR) is 282 cm³/mol. The number of pyridine rings is 2. The molecule has 7 aromatic rings. The van der Waals surface area contributed by atoms with E-state index in [1.165, 1.54) is 101 Å². The normalized spacial score (nSPS) is 13.7. The highest BCUT2D eigenvalue weighted by Crippen LogP contribution is 2.43. The molecule has 2 aromatic heterocycles. The molecule has 2 fully saturated rings. The molecule has 384 valence electrons. The average molecular weight is 997 g/mol. The lowest BCUT2D eigenvalue weighted by atomic mass is 9.67. The number of aromatic nitrogens is 2. The van der Waals surface area contributed by atoms with E-state index >= 15 is 0 Å². The molecular weight excluding hydrogens is 927 g/mol. The quantitative estimate of drug-likeness (QED) is 0.0206. The van der Waals surface area contributed by atoms with E-state index < -0.39 is 19.3 Å². The summed E-state index contributed by atoms with van der Waals surface area (Å²) >= 11 is 0. The Hall–Kier alpha value is -7.12. The van der Waals surface area contributed by atoms with Gasteiger partial charge in [-0.1, -0.05) is 154 Å². The van der Waals surface area contributed by atoms with Crippen LogP contribution in [0.1, 0.15) is 152 Å². The minimum atomic E-state index is -2.23. The van der Waals surface area contributed by atoms with E-state index in [2.05, 4.69) is 60.7 Å². The van der Waals surface area contributed by atoms with Crippen molar-refractivity contribution in [2.24, 2.45) is 0 Å². The SMILES string of the molecule is CCO[n+]1ccccc1C(=O)Oc1ccc(C2CCCCC2)cc1.CCO[n+]1ccccc1C(=O)Oc1ccc(C2CCCCC2)cc1.[O-]B([O-])OCCCC(c1ccccc1)(c1ccccc1)c1ccccc1. The summed E-state index contributed by atoms with van der Waals surface area (Å²) in [5.74, 6) is 1.58. The van der Waals surface area contributed by atoms with Crippen LogP contribution in [0.3, 0.4) is 0 Å². The summed E-state index contributed by atoms with van der Waals surface area (Å²) in [5.41, 5.74) is 6.60. The van der Waals surface area contributed by atoms with Crippen molar-refractivity contribution in [1.29, 1.82) is 0 Å². The Morgan fingerprint density at radius 2 is 0.865 bits per heavy atom. The van der Waals surface area contributed by atoms with Gasteiger partial charge < -0.3 is 24.2 Å². The van der Waals surface area contributed by atoms with Crippen molar-refractivity contribution < 1.29 is 52.9 Å². The van der Waals surface area contributed by atoms with Gasteiger partial charge >= 0.3 is 23.3 Å². The van der Waals surface area contributed by atoms with Gasteiger partial charge in [0.05, 0.1) is 7.32 Å². The summed E-state index contributed by atoms with van der Waals surface area (Å²) in [5, 5.41) is 21.4. The van der Waals surface area contributed by atoms with Gasteiger partial charge in [-0.05, 0) is 128 Å². The molecule has 0 saturated heterocycles. The maximum atomic E-state index is 12.4. The van der Waals surface area contributed by atoms with Crippen LogP contribution in [0.15, 0.2) is 188 Å². The molecule has 2 heterocycles. The van der Waals surface area contributed by atoms with Gasteiger partial charge in [0.15, 0.2) is 13.2 Å². The fourth-order valence-electron chi connectivity index (χ4n) is 10.1. The van der Waals surface area contributed by atoms with Crippen molar-refractivity contribution in [1.82, 2.24) is 0 Å². The van der Waals surface area contributed by atoms with Gasteiger partial charge in [-0.15, -0.1) is 0 Å². The molecule has 0 unspecified atom stereocenters. The van der Waals surface area contributed by atoms with Crippen LogP contribution in [0.4, 0.5) is 0 Å². The molecule has 0 N–H and O–H groups in total. The summed E-state index contributed by atoms with van der Waals surface area (Å²) in [6.45, 7) is 4.86. The molecule has 12 heteroatoms. The third kappa shape index (κ3) is 15.5. The maximum absolute atomic E-state index is 12.4. The smallest absolute Gasteiger partial charge is 0.414 e. The number of ether oxygens (including phenoxy) is 2. The van der Waals surface area contributed by atoms with Gasteiger partial charge in [0, 0.05) is 45.7 Å². The molecule has 74 heavy (non-hydrogen) atoms. The van der Waals surface area contributed by atoms with Crippen molar-refractivity contribution in [3.8, 4) is 11.5 Å². The number of benzene rings is 5. The zero-order chi connectivity index (χ0) is 51.8. The van der Waals surface area contributed by atoms with Gasteiger partial charge in [-0.25, -0.2) is 9.59 Å². The first-order chi connectivity index (χ1) is 36.3. The average Bonchev–Trinajstić information content (AvgIpc) is 3.45. The van der Waals surface area contributed by atoms with Gasteiger partial charge in [-0.3, -0.25) is 9.68 Å². The molecule has 0 aliphatic heterocycles. The van der Waals surface area contributed by atoms with E-state index in [1.807, 2.05) is 105 Å². The predicted octanol–water partition coefficient (Wildman–Crippen LogP) is 9.90. The van der Waals surface area contributed by atoms with Crippen molar-refractivity contribution in [2.45, 2.75) is 108 Å². The van der Waals surface area contributed by atoms with Crippen LogP contribution in [0.2, 0.25) is 0 Å². The molecular formula is C62H69BN2O9. The highest BCUT2D eigenvalue weighted by molar-refractivity contribution is 6.28. The van der Waals surface area contributed by atoms with Crippen LogP contribution in [0.25, 0.3) is 0 Å². The summed E-state index contributed by atoms with van der Waals surface area (Å²) < 4.78 is 18.6. The Morgan fingerprint density at radius 3 is 1.22 bits per heavy atom. The Bertz CT molecular complexity index is 2510. The molecule has 9 rings (SSSR count). The van der Waals surface area contributed by atoms with E-state index in [4.69, 9.17) is 23.8 Å². The molecule has 2 aliphatic carbocycles. The van der Waals surface area contributed by atoms with E-state index in [9.17, 15) is 19.6 Å². The van der Waals surface area contributed by atoms with E-state index in [-0.39, 0.29) is 12.0 Å². The second-order valence-corrected chi connectivity index (χ2v) is 18.5. The number of rotatable bonds is 18. The second-order valence-electron chi connectivity index (χ2n) is 18.5. The minimum Gasteiger partial charge on any atom is -0.871 e. The summed E-state index contributed by atoms with van der Waals surface area (Å²) in [4.78, 5) is 35.6. The van der Waals surface area contributed by atoms with Crippen LogP contribution in [0.5, 0.6) is 11.5 Å². The maximum Gasteiger partial charge on any atom is 0.414 e. The monoisotopic (exact) mass is 997 g/mol. The number of esters is 2. The standard InChI is InChI=1S/C22H21BO3.2C20H24NO3/c24-23(25)26-18-10-17-22(19-11-4-1-5-12-19,20-13-6-2-7-14-20)21-15-8-3-9-16-21;2*1-2-23-21-15-7-6-10-19(21)20(22)24-18-13-11-17(12-14-18)16-8-4-3-5-9-16/h1-9,11-16H,10,17-18H2;2*6-7,10-16H,2-5,8-9H2,1H3/q-2;2*+1. The van der Waals surface area contributed by atoms with Crippen LogP contribution in [0, 0.1) is 0 Å². The lowest BCUT2D eigenvalue weighted by molar-refractivity contribution is -0.892. The fourth-order valence-corrected chi connectivity index (χ4v) is 10.1. The molecule has 0 atom stereocenters. The minimum absolute atomic E-state index is 0.159. The van der Waals surface area contributed by atoms with Gasteiger partial charge in [-0.2, -0.15) is 0 Å². The highest BCUT2D eigenvalue weighted by Gasteiger charge is 2.35. The molecule has 0 spiro atoms. The Kier molecular flexibility index (Phi) is 21.4. The topological polar surface area (TPSA) is 134 Å². The number of carbonyl (C=O) groups excluding carboxylic acids is 2. The summed E-state index contributed by atoms with van der Waals surface area (Å²) in [6.07, 6.45) is 17.7. The lowest BCUT2D eigenvalue weighted by Crippen LogP contribution is -2.48. The number of nitrogens with zero attached hydrogens (tertiary/aromatic N) is 2. The fraction of sp³-hybridized carbons (Fsp3) is 0.323. The molecule has 5 aromatic carbocycles. The molecule has 0 bridgehead atoms. The molecule has 2 saturated carbocycles. The van der Waals surface area contributed by atoms with Gasteiger partial charge in [0.25, 0.3) is 0 Å². The summed E-state index contributed by atoms with van der Waals surface area (Å²) in [6, 6.07) is 57.5. The van der Waals surface area contributed by atoms with Crippen molar-refractivity contribution in [2.75, 3.05) is 19.8 Å². The van der Waals surface area contributed by atoms with Crippen molar-refractivity contribution >= 4 is 19.3 Å². The van der Waals surface area contributed by atoms with E-state index in [0.717, 1.165) is 6.42 Å². The molecule has 0 radical (unpaired) electrons. The van der Waals surface area contributed by atoms with Crippen LogP contribution in [-0.4, -0.2) is 39.1 Å². The number of carbonyl (C=O) groups is 2.